The number of nitrogens with zero attached hydrogens (tertiary/aromatic N) is 2. The van der Waals surface area contributed by atoms with E-state index in [1.54, 1.807) is 6.20 Å². The Morgan fingerprint density at radius 3 is 2.48 bits per heavy atom. The van der Waals surface area contributed by atoms with Crippen LogP contribution in [0.3, 0.4) is 0 Å². The molecule has 0 aliphatic carbocycles. The molecule has 1 amide bonds. The van der Waals surface area contributed by atoms with E-state index >= 15 is 0 Å². The third-order valence-electron chi connectivity index (χ3n) is 3.20. The third-order valence-corrected chi connectivity index (χ3v) is 3.66. The molecule has 112 valence electrons. The average Bonchev–Trinajstić information content (AvgIpc) is 2.90. The summed E-state index contributed by atoms with van der Waals surface area (Å²) in [5.74, 6) is 0.0198. The van der Waals surface area contributed by atoms with Gasteiger partial charge in [-0.1, -0.05) is 30.3 Å². The van der Waals surface area contributed by atoms with E-state index in [4.69, 9.17) is 0 Å². The van der Waals surface area contributed by atoms with Crippen molar-refractivity contribution in [3.63, 3.8) is 0 Å². The fraction of sp³-hybridized carbons (Fsp3) is 0.312. The number of benzene rings is 1. The topological polar surface area (TPSA) is 39.3 Å². The van der Waals surface area contributed by atoms with Gasteiger partial charge >= 0.3 is 0 Å². The summed E-state index contributed by atoms with van der Waals surface area (Å²) in [6.45, 7) is 2.14. The van der Waals surface area contributed by atoms with Gasteiger partial charge in [0.2, 0.25) is 0 Å². The molecule has 1 aromatic heterocycles. The zero-order valence-electron chi connectivity index (χ0n) is 12.3. The Kier molecular flexibility index (Phi) is 5.59. The van der Waals surface area contributed by atoms with Crippen molar-refractivity contribution in [2.75, 3.05) is 27.2 Å². The maximum atomic E-state index is 12.6. The molecule has 21 heavy (non-hydrogen) atoms. The van der Waals surface area contributed by atoms with Crippen LogP contribution in [0.2, 0.25) is 0 Å². The molecule has 1 N–H and O–H groups in total. The third kappa shape index (κ3) is 4.72. The molecular formula is C16H20BrN3O. The van der Waals surface area contributed by atoms with Gasteiger partial charge in [-0.15, -0.1) is 0 Å². The zero-order chi connectivity index (χ0) is 15.2. The largest absolute Gasteiger partial charge is 0.356 e. The van der Waals surface area contributed by atoms with E-state index in [-0.39, 0.29) is 5.91 Å². The summed E-state index contributed by atoms with van der Waals surface area (Å²) >= 11 is 3.37. The molecule has 4 nitrogen and oxygen atoms in total. The lowest BCUT2D eigenvalue weighted by Crippen LogP contribution is -2.36. The van der Waals surface area contributed by atoms with Crippen molar-refractivity contribution < 1.29 is 4.79 Å². The van der Waals surface area contributed by atoms with Gasteiger partial charge in [-0.05, 0) is 41.7 Å². The van der Waals surface area contributed by atoms with Crippen LogP contribution in [0.15, 0.2) is 47.1 Å². The van der Waals surface area contributed by atoms with Crippen LogP contribution in [0.5, 0.6) is 0 Å². The Morgan fingerprint density at radius 2 is 1.90 bits per heavy atom. The first-order valence-electron chi connectivity index (χ1n) is 6.88. The Hall–Kier alpha value is -1.59. The van der Waals surface area contributed by atoms with Crippen molar-refractivity contribution in [1.29, 1.82) is 0 Å². The maximum Gasteiger partial charge on any atom is 0.270 e. The van der Waals surface area contributed by atoms with Gasteiger partial charge in [0, 0.05) is 30.3 Å². The van der Waals surface area contributed by atoms with E-state index in [2.05, 4.69) is 25.8 Å². The van der Waals surface area contributed by atoms with E-state index in [1.165, 1.54) is 0 Å². The second-order valence-electron chi connectivity index (χ2n) is 5.25. The summed E-state index contributed by atoms with van der Waals surface area (Å²) in [5.41, 5.74) is 1.74. The van der Waals surface area contributed by atoms with Crippen LogP contribution in [0.25, 0.3) is 0 Å². The van der Waals surface area contributed by atoms with E-state index in [0.717, 1.165) is 16.6 Å². The van der Waals surface area contributed by atoms with Crippen molar-refractivity contribution in [3.05, 3.63) is 58.3 Å². The van der Waals surface area contributed by atoms with Crippen LogP contribution >= 0.6 is 15.9 Å². The lowest BCUT2D eigenvalue weighted by molar-refractivity contribution is 0.0726. The van der Waals surface area contributed by atoms with Gasteiger partial charge < -0.3 is 14.8 Å². The quantitative estimate of drug-likeness (QED) is 0.870. The molecule has 2 aromatic rings. The fourth-order valence-corrected chi connectivity index (χ4v) is 2.38. The number of hydrogen-bond donors (Lipinski definition) is 1. The number of carbonyl (C=O) groups excluding carboxylic acids is 1. The molecule has 1 heterocycles. The number of aromatic nitrogens is 1. The average molecular weight is 350 g/mol. The molecule has 0 aliphatic heterocycles. The van der Waals surface area contributed by atoms with E-state index in [9.17, 15) is 4.79 Å². The smallest absolute Gasteiger partial charge is 0.270 e. The standard InChI is InChI=1S/C16H20BrN3O/c1-19(2)8-9-20(12-13-6-4-3-5-7-13)16(21)15-10-14(17)11-18-15/h3-7,10-11,18H,8-9,12H2,1-2H3. The Morgan fingerprint density at radius 1 is 1.19 bits per heavy atom. The van der Waals surface area contributed by atoms with Gasteiger partial charge in [0.05, 0.1) is 0 Å². The first-order chi connectivity index (χ1) is 10.1. The minimum atomic E-state index is 0.0198. The molecule has 0 aliphatic rings. The summed E-state index contributed by atoms with van der Waals surface area (Å²) in [5, 5.41) is 0. The predicted octanol–water partition coefficient (Wildman–Crippen LogP) is 2.98. The molecule has 0 bridgehead atoms. The number of aromatic amines is 1. The number of halogens is 1. The molecule has 0 saturated heterocycles. The van der Waals surface area contributed by atoms with Crippen molar-refractivity contribution in [2.24, 2.45) is 0 Å². The van der Waals surface area contributed by atoms with Crippen LogP contribution < -0.4 is 0 Å². The number of hydrogen-bond acceptors (Lipinski definition) is 2. The van der Waals surface area contributed by atoms with Gasteiger partial charge in [0.15, 0.2) is 0 Å². The summed E-state index contributed by atoms with van der Waals surface area (Å²) in [4.78, 5) is 19.6. The number of amides is 1. The number of likely N-dealkylation sites (N-methyl/N-ethyl adjacent to an activating group) is 1. The van der Waals surface area contributed by atoms with Crippen LogP contribution in [0, 0.1) is 0 Å². The van der Waals surface area contributed by atoms with Crippen molar-refractivity contribution in [3.8, 4) is 0 Å². The summed E-state index contributed by atoms with van der Waals surface area (Å²) in [6.07, 6.45) is 1.78. The molecule has 0 atom stereocenters. The maximum absolute atomic E-state index is 12.6. The van der Waals surface area contributed by atoms with Crippen LogP contribution in [-0.2, 0) is 6.54 Å². The highest BCUT2D eigenvalue weighted by molar-refractivity contribution is 9.10. The first-order valence-corrected chi connectivity index (χ1v) is 7.67. The summed E-state index contributed by atoms with van der Waals surface area (Å²) < 4.78 is 0.887. The fourth-order valence-electron chi connectivity index (χ4n) is 2.04. The van der Waals surface area contributed by atoms with E-state index in [0.29, 0.717) is 18.8 Å². The molecule has 0 fully saturated rings. The molecule has 0 saturated carbocycles. The Bertz CT molecular complexity index is 580. The minimum Gasteiger partial charge on any atom is -0.356 e. The van der Waals surface area contributed by atoms with Gasteiger partial charge in [0.25, 0.3) is 5.91 Å². The molecule has 2 rings (SSSR count). The molecule has 0 radical (unpaired) electrons. The summed E-state index contributed by atoms with van der Waals surface area (Å²) in [6, 6.07) is 11.9. The highest BCUT2D eigenvalue weighted by Gasteiger charge is 2.17. The lowest BCUT2D eigenvalue weighted by Gasteiger charge is -2.24. The van der Waals surface area contributed by atoms with Crippen molar-refractivity contribution in [2.45, 2.75) is 6.54 Å². The molecular weight excluding hydrogens is 330 g/mol. The molecule has 1 aromatic carbocycles. The second-order valence-corrected chi connectivity index (χ2v) is 6.16. The van der Waals surface area contributed by atoms with Crippen LogP contribution in [-0.4, -0.2) is 47.9 Å². The van der Waals surface area contributed by atoms with Crippen LogP contribution in [0.1, 0.15) is 16.1 Å². The Balaban J connectivity index is 2.13. The minimum absolute atomic E-state index is 0.0198. The number of rotatable bonds is 6. The van der Waals surface area contributed by atoms with Gasteiger partial charge in [-0.25, -0.2) is 0 Å². The monoisotopic (exact) mass is 349 g/mol. The molecule has 0 spiro atoms. The normalized spacial score (nSPS) is 10.9. The highest BCUT2D eigenvalue weighted by Crippen LogP contribution is 2.14. The zero-order valence-corrected chi connectivity index (χ0v) is 13.9. The number of nitrogens with one attached hydrogen (secondary N) is 1. The SMILES string of the molecule is CN(C)CCN(Cc1ccccc1)C(=O)c1cc(Br)c[nH]1. The highest BCUT2D eigenvalue weighted by atomic mass is 79.9. The van der Waals surface area contributed by atoms with Crippen molar-refractivity contribution >= 4 is 21.8 Å². The molecule has 0 unspecified atom stereocenters. The number of H-pyrrole nitrogens is 1. The lowest BCUT2D eigenvalue weighted by atomic mass is 10.2. The van der Waals surface area contributed by atoms with Gasteiger partial charge in [-0.3, -0.25) is 4.79 Å². The van der Waals surface area contributed by atoms with Gasteiger partial charge in [0.1, 0.15) is 5.69 Å². The Labute approximate surface area is 133 Å². The van der Waals surface area contributed by atoms with E-state index < -0.39 is 0 Å². The van der Waals surface area contributed by atoms with E-state index in [1.807, 2.05) is 55.4 Å². The van der Waals surface area contributed by atoms with Crippen LogP contribution in [0.4, 0.5) is 0 Å². The van der Waals surface area contributed by atoms with Crippen molar-refractivity contribution in [1.82, 2.24) is 14.8 Å². The molecule has 5 heteroatoms. The predicted molar refractivity (Wildman–Crippen MR) is 88.2 cm³/mol. The number of carbonyl (C=O) groups is 1. The summed E-state index contributed by atoms with van der Waals surface area (Å²) in [7, 11) is 4.02. The van der Waals surface area contributed by atoms with Gasteiger partial charge in [-0.2, -0.15) is 0 Å². The second kappa shape index (κ2) is 7.43. The first kappa shape index (κ1) is 15.8.